The van der Waals surface area contributed by atoms with E-state index in [1.165, 1.54) is 6.07 Å². The minimum Gasteiger partial charge on any atom is -0.306 e. The average Bonchev–Trinajstić information content (AvgIpc) is 2.61. The number of hydrogen-bond acceptors (Lipinski definition) is 5. The summed E-state index contributed by atoms with van der Waals surface area (Å²) in [7, 11) is -3.00. The van der Waals surface area contributed by atoms with Gasteiger partial charge in [-0.3, -0.25) is 10.1 Å². The molecule has 1 aliphatic rings. The van der Waals surface area contributed by atoms with Gasteiger partial charge in [0.05, 0.1) is 16.4 Å². The lowest BCUT2D eigenvalue weighted by molar-refractivity contribution is -0.385. The Balaban J connectivity index is 2.15. The maximum absolute atomic E-state index is 11.5. The van der Waals surface area contributed by atoms with Crippen LogP contribution in [0.15, 0.2) is 22.7 Å². The molecule has 20 heavy (non-hydrogen) atoms. The van der Waals surface area contributed by atoms with Crippen molar-refractivity contribution < 1.29 is 13.3 Å². The Morgan fingerprint density at radius 1 is 1.50 bits per heavy atom. The van der Waals surface area contributed by atoms with Gasteiger partial charge in [0.2, 0.25) is 0 Å². The van der Waals surface area contributed by atoms with Gasteiger partial charge in [0.15, 0.2) is 9.84 Å². The topological polar surface area (TPSA) is 89.3 Å². The summed E-state index contributed by atoms with van der Waals surface area (Å²) in [6, 6.07) is 4.73. The van der Waals surface area contributed by atoms with Gasteiger partial charge in [-0.25, -0.2) is 8.42 Å². The summed E-state index contributed by atoms with van der Waals surface area (Å²) < 4.78 is 23.8. The molecule has 0 bridgehead atoms. The molecule has 1 aliphatic heterocycles. The Bertz CT molecular complexity index is 647. The van der Waals surface area contributed by atoms with Crippen molar-refractivity contribution >= 4 is 31.5 Å². The van der Waals surface area contributed by atoms with Crippen LogP contribution in [-0.2, 0) is 16.4 Å². The van der Waals surface area contributed by atoms with E-state index >= 15 is 0 Å². The molecule has 110 valence electrons. The van der Waals surface area contributed by atoms with E-state index in [2.05, 4.69) is 21.2 Å². The average molecular weight is 363 g/mol. The second-order valence-corrected chi connectivity index (χ2v) is 8.39. The molecular weight excluding hydrogens is 348 g/mol. The number of halogens is 1. The summed E-state index contributed by atoms with van der Waals surface area (Å²) in [5.74, 6) is 0.235. The van der Waals surface area contributed by atoms with Gasteiger partial charge in [-0.1, -0.05) is 15.9 Å². The van der Waals surface area contributed by atoms with Crippen molar-refractivity contribution in [1.82, 2.24) is 5.32 Å². The number of nitrogens with one attached hydrogen (secondary N) is 1. The predicted molar refractivity (Wildman–Crippen MR) is 79.3 cm³/mol. The number of nitro benzene ring substituents is 1. The molecule has 1 saturated heterocycles. The molecule has 2 rings (SSSR count). The van der Waals surface area contributed by atoms with Gasteiger partial charge in [0.25, 0.3) is 5.69 Å². The van der Waals surface area contributed by atoms with Gasteiger partial charge >= 0.3 is 0 Å². The zero-order valence-corrected chi connectivity index (χ0v) is 13.3. The van der Waals surface area contributed by atoms with Gasteiger partial charge in [-0.2, -0.15) is 0 Å². The van der Waals surface area contributed by atoms with Gasteiger partial charge in [-0.15, -0.1) is 0 Å². The first kappa shape index (κ1) is 15.4. The molecule has 0 saturated carbocycles. The highest BCUT2D eigenvalue weighted by atomic mass is 79.9. The minimum atomic E-state index is -3.00. The standard InChI is InChI=1S/C12H15BrN2O4S/c1-12(4-5-20(18,19)8-12)14-7-9-6-10(13)2-3-11(9)15(16)17/h2-3,6,14H,4-5,7-8H2,1H3. The van der Waals surface area contributed by atoms with E-state index in [-0.39, 0.29) is 23.7 Å². The summed E-state index contributed by atoms with van der Waals surface area (Å²) in [6.07, 6.45) is 0.525. The summed E-state index contributed by atoms with van der Waals surface area (Å²) in [6.45, 7) is 2.10. The second-order valence-electron chi connectivity index (χ2n) is 5.29. The van der Waals surface area contributed by atoms with E-state index in [4.69, 9.17) is 0 Å². The van der Waals surface area contributed by atoms with Crippen LogP contribution < -0.4 is 5.32 Å². The normalized spacial score (nSPS) is 24.7. The first-order valence-electron chi connectivity index (χ1n) is 6.09. The van der Waals surface area contributed by atoms with Crippen LogP contribution in [0.3, 0.4) is 0 Å². The molecule has 1 N–H and O–H groups in total. The third kappa shape index (κ3) is 3.56. The molecule has 1 aromatic carbocycles. The number of sulfone groups is 1. The smallest absolute Gasteiger partial charge is 0.273 e. The van der Waals surface area contributed by atoms with Crippen LogP contribution in [0.25, 0.3) is 0 Å². The molecule has 1 aromatic rings. The maximum atomic E-state index is 11.5. The zero-order chi connectivity index (χ0) is 15.0. The molecule has 8 heteroatoms. The molecule has 1 heterocycles. The zero-order valence-electron chi connectivity index (χ0n) is 10.9. The van der Waals surface area contributed by atoms with Crippen LogP contribution in [-0.4, -0.2) is 30.4 Å². The summed E-state index contributed by atoms with van der Waals surface area (Å²) in [4.78, 5) is 10.5. The van der Waals surface area contributed by atoms with Crippen LogP contribution in [0.2, 0.25) is 0 Å². The second kappa shape index (κ2) is 5.42. The molecule has 1 fully saturated rings. The fraction of sp³-hybridized carbons (Fsp3) is 0.500. The highest BCUT2D eigenvalue weighted by Gasteiger charge is 2.38. The van der Waals surface area contributed by atoms with E-state index in [1.807, 2.05) is 6.92 Å². The SMILES string of the molecule is CC1(NCc2cc(Br)ccc2[N+](=O)[O-])CCS(=O)(=O)C1. The van der Waals surface area contributed by atoms with Crippen molar-refractivity contribution in [2.45, 2.75) is 25.4 Å². The lowest BCUT2D eigenvalue weighted by Crippen LogP contribution is -2.42. The van der Waals surface area contributed by atoms with Crippen molar-refractivity contribution in [3.05, 3.63) is 38.3 Å². The Hall–Kier alpha value is -0.990. The molecule has 1 atom stereocenters. The summed E-state index contributed by atoms with van der Waals surface area (Å²) in [5, 5.41) is 14.1. The fourth-order valence-electron chi connectivity index (χ4n) is 2.33. The quantitative estimate of drug-likeness (QED) is 0.653. The molecular formula is C12H15BrN2O4S. The van der Waals surface area contributed by atoms with Gasteiger partial charge in [0.1, 0.15) is 0 Å². The molecule has 1 unspecified atom stereocenters. The number of nitro groups is 1. The van der Waals surface area contributed by atoms with E-state index in [0.717, 1.165) is 4.47 Å². The lowest BCUT2D eigenvalue weighted by Gasteiger charge is -2.24. The van der Waals surface area contributed by atoms with E-state index in [0.29, 0.717) is 12.0 Å². The van der Waals surface area contributed by atoms with Crippen molar-refractivity contribution in [3.8, 4) is 0 Å². The van der Waals surface area contributed by atoms with Gasteiger partial charge in [-0.05, 0) is 25.5 Å². The van der Waals surface area contributed by atoms with E-state index < -0.39 is 20.3 Å². The molecule has 6 nitrogen and oxygen atoms in total. The number of benzene rings is 1. The minimum absolute atomic E-state index is 0.0326. The first-order valence-corrected chi connectivity index (χ1v) is 8.71. The van der Waals surface area contributed by atoms with Gasteiger partial charge < -0.3 is 5.32 Å². The Morgan fingerprint density at radius 2 is 2.20 bits per heavy atom. The van der Waals surface area contributed by atoms with Crippen molar-refractivity contribution in [1.29, 1.82) is 0 Å². The molecule has 0 spiro atoms. The van der Waals surface area contributed by atoms with Crippen LogP contribution >= 0.6 is 15.9 Å². The number of rotatable bonds is 4. The monoisotopic (exact) mass is 362 g/mol. The number of nitrogens with zero attached hydrogens (tertiary/aromatic N) is 1. The Labute approximate surface area is 125 Å². The van der Waals surface area contributed by atoms with Crippen LogP contribution in [0.4, 0.5) is 5.69 Å². The third-order valence-corrected chi connectivity index (χ3v) is 5.84. The van der Waals surface area contributed by atoms with E-state index in [1.54, 1.807) is 12.1 Å². The Kier molecular flexibility index (Phi) is 4.17. The molecule has 0 aromatic heterocycles. The highest BCUT2D eigenvalue weighted by molar-refractivity contribution is 9.10. The molecule has 0 amide bonds. The fourth-order valence-corrected chi connectivity index (χ4v) is 4.86. The third-order valence-electron chi connectivity index (χ3n) is 3.45. The van der Waals surface area contributed by atoms with Crippen LogP contribution in [0.5, 0.6) is 0 Å². The largest absolute Gasteiger partial charge is 0.306 e. The van der Waals surface area contributed by atoms with Crippen LogP contribution in [0.1, 0.15) is 18.9 Å². The lowest BCUT2D eigenvalue weighted by atomic mass is 10.0. The summed E-state index contributed by atoms with van der Waals surface area (Å²) >= 11 is 3.28. The van der Waals surface area contributed by atoms with Gasteiger partial charge in [0, 0.05) is 28.2 Å². The Morgan fingerprint density at radius 3 is 2.75 bits per heavy atom. The van der Waals surface area contributed by atoms with Crippen molar-refractivity contribution in [3.63, 3.8) is 0 Å². The summed E-state index contributed by atoms with van der Waals surface area (Å²) in [5.41, 5.74) is 0.0507. The predicted octanol–water partition coefficient (Wildman–Crippen LogP) is 2.02. The van der Waals surface area contributed by atoms with Crippen molar-refractivity contribution in [2.75, 3.05) is 11.5 Å². The van der Waals surface area contributed by atoms with E-state index in [9.17, 15) is 18.5 Å². The van der Waals surface area contributed by atoms with Crippen molar-refractivity contribution in [2.24, 2.45) is 0 Å². The number of hydrogen-bond donors (Lipinski definition) is 1. The first-order chi connectivity index (χ1) is 9.21. The maximum Gasteiger partial charge on any atom is 0.273 e. The highest BCUT2D eigenvalue weighted by Crippen LogP contribution is 2.26. The van der Waals surface area contributed by atoms with Crippen LogP contribution in [0, 0.1) is 10.1 Å². The molecule has 0 aliphatic carbocycles. The molecule has 0 radical (unpaired) electrons.